The molecule has 0 bridgehead atoms. The fraction of sp³-hybridized carbons (Fsp3) is 0.333. The fourth-order valence-corrected chi connectivity index (χ4v) is 3.74. The minimum absolute atomic E-state index is 0.0376. The summed E-state index contributed by atoms with van der Waals surface area (Å²) in [6.07, 6.45) is -2.35. The molecule has 0 saturated carbocycles. The highest BCUT2D eigenvalue weighted by molar-refractivity contribution is 6.39. The van der Waals surface area contributed by atoms with Crippen molar-refractivity contribution in [3.8, 4) is 0 Å². The van der Waals surface area contributed by atoms with E-state index >= 15 is 0 Å². The predicted octanol–water partition coefficient (Wildman–Crippen LogP) is 3.05. The van der Waals surface area contributed by atoms with Crippen molar-refractivity contribution in [1.82, 2.24) is 9.88 Å². The highest BCUT2D eigenvalue weighted by Gasteiger charge is 2.40. The number of primary amides is 1. The van der Waals surface area contributed by atoms with E-state index in [1.54, 1.807) is 30.3 Å². The van der Waals surface area contributed by atoms with Gasteiger partial charge in [-0.25, -0.2) is 0 Å². The van der Waals surface area contributed by atoms with Crippen molar-refractivity contribution in [2.75, 3.05) is 11.9 Å². The van der Waals surface area contributed by atoms with Crippen LogP contribution < -0.4 is 11.1 Å². The normalized spacial score (nSPS) is 19.0. The van der Waals surface area contributed by atoms with E-state index < -0.39 is 42.3 Å². The molecule has 3 N–H and O–H groups in total. The first-order chi connectivity index (χ1) is 14.6. The number of rotatable bonds is 4. The standard InChI is InChI=1S/C21H21F3N4O3/c22-21(23,24)9-13-6-7-17(14-4-2-1-3-5-14)28(12-13)20(31)19(30)27-16-8-15(18(25)29)10-26-11-16/h1-5,8,10-11,13,17H,6-7,9,12H2,(H2,25,29)(H,27,30)/t13-,17+/m0/s1. The van der Waals surface area contributed by atoms with Crippen molar-refractivity contribution in [3.63, 3.8) is 0 Å². The fourth-order valence-electron chi connectivity index (χ4n) is 3.74. The topological polar surface area (TPSA) is 105 Å². The highest BCUT2D eigenvalue weighted by atomic mass is 19.4. The number of hydrogen-bond acceptors (Lipinski definition) is 4. The summed E-state index contributed by atoms with van der Waals surface area (Å²) >= 11 is 0. The van der Waals surface area contributed by atoms with Gasteiger partial charge in [-0.15, -0.1) is 0 Å². The summed E-state index contributed by atoms with van der Waals surface area (Å²) in [5.74, 6) is -3.54. The lowest BCUT2D eigenvalue weighted by atomic mass is 9.87. The Hall–Kier alpha value is -3.43. The van der Waals surface area contributed by atoms with E-state index in [0.29, 0.717) is 6.42 Å². The van der Waals surface area contributed by atoms with Crippen LogP contribution in [0, 0.1) is 5.92 Å². The number of likely N-dealkylation sites (tertiary alicyclic amines) is 1. The van der Waals surface area contributed by atoms with Gasteiger partial charge in [0.2, 0.25) is 5.91 Å². The lowest BCUT2D eigenvalue weighted by Crippen LogP contribution is -2.47. The third-order valence-corrected chi connectivity index (χ3v) is 5.12. The van der Waals surface area contributed by atoms with Crippen molar-refractivity contribution in [1.29, 1.82) is 0 Å². The second-order valence-corrected chi connectivity index (χ2v) is 7.43. The molecule has 2 aromatic rings. The number of alkyl halides is 3. The van der Waals surface area contributed by atoms with Gasteiger partial charge in [-0.1, -0.05) is 30.3 Å². The third kappa shape index (κ3) is 5.80. The molecule has 1 aliphatic heterocycles. The third-order valence-electron chi connectivity index (χ3n) is 5.12. The summed E-state index contributed by atoms with van der Waals surface area (Å²) in [6, 6.07) is 9.61. The largest absolute Gasteiger partial charge is 0.389 e. The Morgan fingerprint density at radius 2 is 1.84 bits per heavy atom. The zero-order valence-electron chi connectivity index (χ0n) is 16.4. The number of amides is 3. The van der Waals surface area contributed by atoms with Crippen LogP contribution in [-0.4, -0.2) is 40.3 Å². The number of nitrogens with one attached hydrogen (secondary N) is 1. The van der Waals surface area contributed by atoms with Crippen molar-refractivity contribution in [2.45, 2.75) is 31.5 Å². The van der Waals surface area contributed by atoms with E-state index in [1.165, 1.54) is 23.4 Å². The number of nitrogens with two attached hydrogens (primary N) is 1. The number of aromatic nitrogens is 1. The SMILES string of the molecule is NC(=O)c1cncc(NC(=O)C(=O)N2C[C@H](CC(F)(F)F)CC[C@@H]2c2ccccc2)c1. The number of pyridine rings is 1. The highest BCUT2D eigenvalue weighted by Crippen LogP contribution is 2.38. The van der Waals surface area contributed by atoms with Crippen molar-refractivity contribution in [2.24, 2.45) is 11.7 Å². The Labute approximate surface area is 176 Å². The minimum atomic E-state index is -4.36. The van der Waals surface area contributed by atoms with Gasteiger partial charge < -0.3 is 16.0 Å². The lowest BCUT2D eigenvalue weighted by molar-refractivity contribution is -0.157. The second-order valence-electron chi connectivity index (χ2n) is 7.43. The number of nitrogens with zero attached hydrogens (tertiary/aromatic N) is 2. The summed E-state index contributed by atoms with van der Waals surface area (Å²) in [4.78, 5) is 41.8. The molecule has 164 valence electrons. The molecule has 2 atom stereocenters. The maximum atomic E-state index is 12.9. The van der Waals surface area contributed by atoms with Crippen LogP contribution in [0.25, 0.3) is 0 Å². The smallest absolute Gasteiger partial charge is 0.366 e. The molecule has 7 nitrogen and oxygen atoms in total. The van der Waals surface area contributed by atoms with Crippen molar-refractivity contribution < 1.29 is 27.6 Å². The predicted molar refractivity (Wildman–Crippen MR) is 106 cm³/mol. The molecular formula is C21H21F3N4O3. The van der Waals surface area contributed by atoms with E-state index in [-0.39, 0.29) is 24.2 Å². The first-order valence-corrected chi connectivity index (χ1v) is 9.62. The summed E-state index contributed by atoms with van der Waals surface area (Å²) in [6.45, 7) is -0.190. The van der Waals surface area contributed by atoms with E-state index in [1.807, 2.05) is 0 Å². The van der Waals surface area contributed by atoms with Gasteiger partial charge >= 0.3 is 18.0 Å². The number of piperidine rings is 1. The molecule has 1 fully saturated rings. The summed E-state index contributed by atoms with van der Waals surface area (Å²) < 4.78 is 38.7. The lowest BCUT2D eigenvalue weighted by Gasteiger charge is -2.39. The van der Waals surface area contributed by atoms with E-state index in [0.717, 1.165) is 5.56 Å². The molecule has 31 heavy (non-hydrogen) atoms. The average Bonchev–Trinajstić information content (AvgIpc) is 2.72. The zero-order valence-corrected chi connectivity index (χ0v) is 16.4. The quantitative estimate of drug-likeness (QED) is 0.722. The van der Waals surface area contributed by atoms with Crippen molar-refractivity contribution >= 4 is 23.4 Å². The second kappa shape index (κ2) is 9.15. The Morgan fingerprint density at radius 3 is 2.48 bits per heavy atom. The molecule has 0 unspecified atom stereocenters. The molecule has 3 amide bonds. The maximum Gasteiger partial charge on any atom is 0.389 e. The van der Waals surface area contributed by atoms with Gasteiger partial charge in [0.1, 0.15) is 0 Å². The van der Waals surface area contributed by atoms with Crippen LogP contribution in [0.5, 0.6) is 0 Å². The minimum Gasteiger partial charge on any atom is -0.366 e. The van der Waals surface area contributed by atoms with Crippen LogP contribution in [0.2, 0.25) is 0 Å². The molecule has 3 rings (SSSR count). The molecule has 1 aromatic carbocycles. The molecular weight excluding hydrogens is 413 g/mol. The number of carbonyl (C=O) groups excluding carboxylic acids is 3. The molecule has 0 spiro atoms. The molecule has 0 aliphatic carbocycles. The van der Waals surface area contributed by atoms with Crippen LogP contribution in [0.4, 0.5) is 18.9 Å². The Balaban J connectivity index is 1.81. The maximum absolute atomic E-state index is 12.9. The van der Waals surface area contributed by atoms with Crippen LogP contribution in [0.3, 0.4) is 0 Å². The number of benzene rings is 1. The van der Waals surface area contributed by atoms with E-state index in [9.17, 15) is 27.6 Å². The van der Waals surface area contributed by atoms with Gasteiger partial charge in [0.15, 0.2) is 0 Å². The number of anilines is 1. The molecule has 1 saturated heterocycles. The van der Waals surface area contributed by atoms with Crippen LogP contribution >= 0.6 is 0 Å². The molecule has 10 heteroatoms. The van der Waals surface area contributed by atoms with Gasteiger partial charge in [0.05, 0.1) is 23.5 Å². The molecule has 1 aromatic heterocycles. The van der Waals surface area contributed by atoms with E-state index in [2.05, 4.69) is 10.3 Å². The van der Waals surface area contributed by atoms with Gasteiger partial charge in [0, 0.05) is 19.2 Å². The van der Waals surface area contributed by atoms with Gasteiger partial charge in [-0.05, 0) is 30.4 Å². The number of halogens is 3. The molecule has 2 heterocycles. The first-order valence-electron chi connectivity index (χ1n) is 9.62. The number of carbonyl (C=O) groups is 3. The Morgan fingerprint density at radius 1 is 1.13 bits per heavy atom. The van der Waals surface area contributed by atoms with Crippen LogP contribution in [0.1, 0.15) is 41.2 Å². The van der Waals surface area contributed by atoms with Gasteiger partial charge in [0.25, 0.3) is 0 Å². The molecule has 0 radical (unpaired) electrons. The molecule has 1 aliphatic rings. The van der Waals surface area contributed by atoms with E-state index in [4.69, 9.17) is 5.73 Å². The summed E-state index contributed by atoms with van der Waals surface area (Å²) in [5.41, 5.74) is 6.04. The monoisotopic (exact) mass is 434 g/mol. The van der Waals surface area contributed by atoms with Gasteiger partial charge in [-0.3, -0.25) is 19.4 Å². The summed E-state index contributed by atoms with van der Waals surface area (Å²) in [5, 5.41) is 2.35. The Bertz CT molecular complexity index is 966. The van der Waals surface area contributed by atoms with Gasteiger partial charge in [-0.2, -0.15) is 13.2 Å². The average molecular weight is 434 g/mol. The Kier molecular flexibility index (Phi) is 6.57. The van der Waals surface area contributed by atoms with Crippen molar-refractivity contribution in [3.05, 3.63) is 59.9 Å². The summed E-state index contributed by atoms with van der Waals surface area (Å²) in [7, 11) is 0. The zero-order chi connectivity index (χ0) is 22.6. The van der Waals surface area contributed by atoms with Crippen LogP contribution in [0.15, 0.2) is 48.8 Å². The number of hydrogen-bond donors (Lipinski definition) is 2. The first kappa shape index (κ1) is 22.3. The van der Waals surface area contributed by atoms with Crippen LogP contribution in [-0.2, 0) is 9.59 Å².